The Bertz CT molecular complexity index is 775. The van der Waals surface area contributed by atoms with E-state index in [1.165, 1.54) is 18.3 Å². The van der Waals surface area contributed by atoms with Gasteiger partial charge in [-0.25, -0.2) is 4.98 Å². The van der Waals surface area contributed by atoms with E-state index in [0.717, 1.165) is 25.0 Å². The molecule has 126 valence electrons. The molecular weight excluding hydrogens is 343 g/mol. The molecule has 24 heavy (non-hydrogen) atoms. The summed E-state index contributed by atoms with van der Waals surface area (Å²) < 4.78 is 38.7. The Balaban J connectivity index is 1.79. The van der Waals surface area contributed by atoms with Crippen molar-refractivity contribution in [3.63, 3.8) is 0 Å². The number of rotatable bonds is 4. The first kappa shape index (κ1) is 16.6. The Morgan fingerprint density at radius 3 is 2.62 bits per heavy atom. The highest BCUT2D eigenvalue weighted by Crippen LogP contribution is 2.36. The summed E-state index contributed by atoms with van der Waals surface area (Å²) in [7, 11) is 0. The first-order valence-electron chi connectivity index (χ1n) is 7.23. The molecule has 1 amide bonds. The first-order valence-corrected chi connectivity index (χ1v) is 7.61. The molecule has 3 rings (SSSR count). The molecule has 0 radical (unpaired) electrons. The predicted molar refractivity (Wildman–Crippen MR) is 84.5 cm³/mol. The van der Waals surface area contributed by atoms with Gasteiger partial charge in [0.15, 0.2) is 0 Å². The third kappa shape index (κ3) is 3.97. The number of hydrogen-bond donors (Lipinski definition) is 2. The third-order valence-electron chi connectivity index (χ3n) is 3.48. The van der Waals surface area contributed by atoms with E-state index in [1.54, 1.807) is 6.07 Å². The maximum atomic E-state index is 12.9. The van der Waals surface area contributed by atoms with Crippen molar-refractivity contribution in [2.24, 2.45) is 0 Å². The third-order valence-corrected chi connectivity index (χ3v) is 3.81. The Hall–Kier alpha value is -2.28. The summed E-state index contributed by atoms with van der Waals surface area (Å²) in [6, 6.07) is 6.73. The van der Waals surface area contributed by atoms with Gasteiger partial charge in [0.25, 0.3) is 5.91 Å². The van der Waals surface area contributed by atoms with Crippen LogP contribution < -0.4 is 10.6 Å². The van der Waals surface area contributed by atoms with Gasteiger partial charge in [0, 0.05) is 23.5 Å². The number of hydrogen-bond acceptors (Lipinski definition) is 3. The molecule has 1 fully saturated rings. The molecule has 1 saturated carbocycles. The minimum Gasteiger partial charge on any atom is -0.349 e. The lowest BCUT2D eigenvalue weighted by atomic mass is 10.2. The monoisotopic (exact) mass is 355 g/mol. The molecular formula is C16H13ClF3N3O. The maximum absolute atomic E-state index is 12.9. The zero-order valence-corrected chi connectivity index (χ0v) is 13.1. The van der Waals surface area contributed by atoms with Crippen LogP contribution in [0.5, 0.6) is 0 Å². The molecule has 8 heteroatoms. The van der Waals surface area contributed by atoms with Crippen LogP contribution in [0.1, 0.15) is 28.8 Å². The molecule has 1 aromatic carbocycles. The van der Waals surface area contributed by atoms with Gasteiger partial charge in [0.05, 0.1) is 10.6 Å². The second kappa shape index (κ2) is 6.32. The number of halogens is 4. The van der Waals surface area contributed by atoms with Crippen molar-refractivity contribution in [2.75, 3.05) is 5.32 Å². The highest BCUT2D eigenvalue weighted by atomic mass is 35.5. The highest BCUT2D eigenvalue weighted by Gasteiger charge is 2.33. The van der Waals surface area contributed by atoms with Gasteiger partial charge in [-0.1, -0.05) is 11.6 Å². The molecule has 2 N–H and O–H groups in total. The van der Waals surface area contributed by atoms with Gasteiger partial charge >= 0.3 is 6.18 Å². The molecule has 0 aliphatic heterocycles. The van der Waals surface area contributed by atoms with E-state index in [4.69, 9.17) is 11.6 Å². The Labute approximate surface area is 141 Å². The van der Waals surface area contributed by atoms with E-state index in [-0.39, 0.29) is 28.5 Å². The van der Waals surface area contributed by atoms with E-state index in [1.807, 2.05) is 0 Å². The second-order valence-electron chi connectivity index (χ2n) is 5.49. The average Bonchev–Trinajstić information content (AvgIpc) is 3.32. The molecule has 1 aliphatic rings. The molecule has 2 aromatic rings. The molecule has 1 heterocycles. The molecule has 0 spiro atoms. The number of carbonyl (C=O) groups is 1. The SMILES string of the molecule is O=C(NC1CC1)c1ccnc(Nc2ccc(Cl)c(C(F)(F)F)c2)c1. The molecule has 0 saturated heterocycles. The summed E-state index contributed by atoms with van der Waals surface area (Å²) in [6.07, 6.45) is -1.20. The fourth-order valence-corrected chi connectivity index (χ4v) is 2.33. The van der Waals surface area contributed by atoms with Crippen molar-refractivity contribution in [3.8, 4) is 0 Å². The minimum absolute atomic E-state index is 0.180. The van der Waals surface area contributed by atoms with Crippen LogP contribution in [0.15, 0.2) is 36.5 Å². The molecule has 0 atom stereocenters. The van der Waals surface area contributed by atoms with Crippen molar-refractivity contribution in [2.45, 2.75) is 25.1 Å². The fraction of sp³-hybridized carbons (Fsp3) is 0.250. The lowest BCUT2D eigenvalue weighted by Crippen LogP contribution is -2.25. The van der Waals surface area contributed by atoms with Gasteiger partial charge in [-0.3, -0.25) is 4.79 Å². The van der Waals surface area contributed by atoms with Crippen LogP contribution in [0.3, 0.4) is 0 Å². The number of pyridine rings is 1. The number of anilines is 2. The Morgan fingerprint density at radius 1 is 1.21 bits per heavy atom. The fourth-order valence-electron chi connectivity index (χ4n) is 2.10. The Morgan fingerprint density at radius 2 is 1.96 bits per heavy atom. The van der Waals surface area contributed by atoms with Crippen molar-refractivity contribution >= 4 is 29.0 Å². The first-order chi connectivity index (χ1) is 11.3. The van der Waals surface area contributed by atoms with Crippen LogP contribution in [0.25, 0.3) is 0 Å². The van der Waals surface area contributed by atoms with E-state index < -0.39 is 11.7 Å². The van der Waals surface area contributed by atoms with Crippen molar-refractivity contribution in [3.05, 3.63) is 52.7 Å². The lowest BCUT2D eigenvalue weighted by molar-refractivity contribution is -0.137. The van der Waals surface area contributed by atoms with Crippen molar-refractivity contribution in [1.82, 2.24) is 10.3 Å². The summed E-state index contributed by atoms with van der Waals surface area (Å²) in [4.78, 5) is 16.0. The van der Waals surface area contributed by atoms with Crippen LogP contribution in [0.4, 0.5) is 24.7 Å². The largest absolute Gasteiger partial charge is 0.417 e. The molecule has 1 aromatic heterocycles. The smallest absolute Gasteiger partial charge is 0.349 e. The topological polar surface area (TPSA) is 54.0 Å². The maximum Gasteiger partial charge on any atom is 0.417 e. The van der Waals surface area contributed by atoms with E-state index in [0.29, 0.717) is 5.56 Å². The zero-order valence-electron chi connectivity index (χ0n) is 12.3. The van der Waals surface area contributed by atoms with Gasteiger partial charge in [-0.05, 0) is 43.2 Å². The van der Waals surface area contributed by atoms with Crippen LogP contribution >= 0.6 is 11.6 Å². The van der Waals surface area contributed by atoms with Gasteiger partial charge in [0.2, 0.25) is 0 Å². The quantitative estimate of drug-likeness (QED) is 0.855. The standard InChI is InChI=1S/C16H13ClF3N3O/c17-13-4-3-11(8-12(13)16(18,19)20)22-14-7-9(5-6-21-14)15(24)23-10-1-2-10/h3-8,10H,1-2H2,(H,21,22)(H,23,24). The summed E-state index contributed by atoms with van der Waals surface area (Å²) >= 11 is 5.59. The second-order valence-corrected chi connectivity index (χ2v) is 5.90. The van der Waals surface area contributed by atoms with Crippen molar-refractivity contribution in [1.29, 1.82) is 0 Å². The van der Waals surface area contributed by atoms with Crippen LogP contribution in [0, 0.1) is 0 Å². The summed E-state index contributed by atoms with van der Waals surface area (Å²) in [5, 5.41) is 5.22. The summed E-state index contributed by atoms with van der Waals surface area (Å²) in [5.41, 5.74) is -0.361. The van der Waals surface area contributed by atoms with Crippen molar-refractivity contribution < 1.29 is 18.0 Å². The number of benzene rings is 1. The Kier molecular flexibility index (Phi) is 4.36. The number of carbonyl (C=O) groups excluding carboxylic acids is 1. The predicted octanol–water partition coefficient (Wildman–Crippen LogP) is 4.39. The average molecular weight is 356 g/mol. The van der Waals surface area contributed by atoms with E-state index in [2.05, 4.69) is 15.6 Å². The number of nitrogens with one attached hydrogen (secondary N) is 2. The summed E-state index contributed by atoms with van der Waals surface area (Å²) in [6.45, 7) is 0. The van der Waals surface area contributed by atoms with E-state index >= 15 is 0 Å². The number of alkyl halides is 3. The van der Waals surface area contributed by atoms with E-state index in [9.17, 15) is 18.0 Å². The van der Waals surface area contributed by atoms with Gasteiger partial charge in [0.1, 0.15) is 5.82 Å². The normalized spacial score (nSPS) is 14.3. The molecule has 4 nitrogen and oxygen atoms in total. The molecule has 0 bridgehead atoms. The van der Waals surface area contributed by atoms with Crippen LogP contribution in [-0.4, -0.2) is 16.9 Å². The molecule has 0 unspecified atom stereocenters. The number of amides is 1. The van der Waals surface area contributed by atoms with Crippen LogP contribution in [-0.2, 0) is 6.18 Å². The summed E-state index contributed by atoms with van der Waals surface area (Å²) in [5.74, 6) is 0.0453. The molecule has 1 aliphatic carbocycles. The lowest BCUT2D eigenvalue weighted by Gasteiger charge is -2.12. The minimum atomic E-state index is -4.55. The van der Waals surface area contributed by atoms with Gasteiger partial charge in [-0.2, -0.15) is 13.2 Å². The van der Waals surface area contributed by atoms with Crippen LogP contribution in [0.2, 0.25) is 5.02 Å². The number of aromatic nitrogens is 1. The van der Waals surface area contributed by atoms with Gasteiger partial charge < -0.3 is 10.6 Å². The highest BCUT2D eigenvalue weighted by molar-refractivity contribution is 6.31. The zero-order chi connectivity index (χ0) is 17.3. The number of nitrogens with zero attached hydrogens (tertiary/aromatic N) is 1. The van der Waals surface area contributed by atoms with Gasteiger partial charge in [-0.15, -0.1) is 0 Å².